The smallest absolute Gasteiger partial charge is 0.336 e. The molecule has 15 heteroatoms. The Morgan fingerprint density at radius 1 is 0.714 bits per heavy atom. The summed E-state index contributed by atoms with van der Waals surface area (Å²) < 4.78 is 15.3. The summed E-state index contributed by atoms with van der Waals surface area (Å²) in [6.45, 7) is -1.35. The van der Waals surface area contributed by atoms with Crippen LogP contribution in [-0.2, 0) is 14.2 Å². The Kier molecular flexibility index (Phi) is 10.4. The second-order valence-corrected chi connectivity index (χ2v) is 7.68. The van der Waals surface area contributed by atoms with Gasteiger partial charge in [0.15, 0.2) is 12.6 Å². The summed E-state index contributed by atoms with van der Waals surface area (Å²) in [6.07, 6.45) is -15.6. The fourth-order valence-corrected chi connectivity index (χ4v) is 3.43. The number of benzene rings is 1. The van der Waals surface area contributed by atoms with Gasteiger partial charge in [0.2, 0.25) is 0 Å². The first-order valence-electron chi connectivity index (χ1n) is 10.3. The van der Waals surface area contributed by atoms with Crippen LogP contribution in [0.3, 0.4) is 0 Å². The Labute approximate surface area is 197 Å². The average Bonchev–Trinajstić information content (AvgIpc) is 2.84. The van der Waals surface area contributed by atoms with Crippen LogP contribution >= 0.6 is 0 Å². The standard InChI is InChI=1S/C12H22O11.C8H6O4/c13-1-3-5(15)6(16)9(19)12(22-3)23-10-4(2-14)21-11(20)8(18)7(10)17;9-7(10)5-3-1-2-4-6(5)8(11)12/h3-20H,1-2H2;1-4H,(H,9,10)(H,11,12)/t3-,4-,5+,6+,7-,8-,9-,10-,11?,12+;/m1./s1. The third-order valence-corrected chi connectivity index (χ3v) is 5.37. The number of hydrogen-bond acceptors (Lipinski definition) is 13. The molecular formula is C20H28O15. The molecule has 1 aromatic carbocycles. The van der Waals surface area contributed by atoms with Crippen molar-refractivity contribution < 1.29 is 74.9 Å². The minimum atomic E-state index is -1.74. The molecule has 1 aromatic rings. The van der Waals surface area contributed by atoms with E-state index in [1.54, 1.807) is 0 Å². The predicted octanol–water partition coefficient (Wildman–Crippen LogP) is -4.31. The van der Waals surface area contributed by atoms with E-state index in [1.165, 1.54) is 24.3 Å². The minimum absolute atomic E-state index is 0.190. The molecule has 2 heterocycles. The lowest BCUT2D eigenvalue weighted by Crippen LogP contribution is -2.64. The maximum atomic E-state index is 10.5. The molecule has 3 rings (SSSR count). The van der Waals surface area contributed by atoms with Crippen molar-refractivity contribution in [1.82, 2.24) is 0 Å². The van der Waals surface area contributed by atoms with Gasteiger partial charge in [-0.25, -0.2) is 9.59 Å². The lowest BCUT2D eigenvalue weighted by molar-refractivity contribution is -0.355. The molecule has 0 amide bonds. The van der Waals surface area contributed by atoms with Crippen LogP contribution in [0.2, 0.25) is 0 Å². The molecule has 0 bridgehead atoms. The van der Waals surface area contributed by atoms with Crippen LogP contribution < -0.4 is 0 Å². The van der Waals surface area contributed by atoms with Crippen molar-refractivity contribution in [2.24, 2.45) is 0 Å². The molecule has 2 fully saturated rings. The van der Waals surface area contributed by atoms with E-state index >= 15 is 0 Å². The maximum absolute atomic E-state index is 10.5. The summed E-state index contributed by atoms with van der Waals surface area (Å²) in [5.41, 5.74) is -0.380. The van der Waals surface area contributed by atoms with E-state index in [-0.39, 0.29) is 11.1 Å². The molecule has 0 spiro atoms. The predicted molar refractivity (Wildman–Crippen MR) is 109 cm³/mol. The van der Waals surface area contributed by atoms with Crippen LogP contribution in [-0.4, -0.2) is 138 Å². The fourth-order valence-electron chi connectivity index (χ4n) is 3.43. The highest BCUT2D eigenvalue weighted by molar-refractivity contribution is 6.01. The van der Waals surface area contributed by atoms with Crippen LogP contribution in [0.4, 0.5) is 0 Å². The van der Waals surface area contributed by atoms with Crippen molar-refractivity contribution in [3.05, 3.63) is 35.4 Å². The Hall–Kier alpha value is -2.28. The number of carbonyl (C=O) groups is 2. The number of carboxylic acids is 2. The Morgan fingerprint density at radius 2 is 1.23 bits per heavy atom. The van der Waals surface area contributed by atoms with Crippen molar-refractivity contribution in [2.75, 3.05) is 13.2 Å². The average molecular weight is 508 g/mol. The summed E-state index contributed by atoms with van der Waals surface area (Å²) in [7, 11) is 0. The van der Waals surface area contributed by atoms with Gasteiger partial charge in [-0.05, 0) is 12.1 Å². The van der Waals surface area contributed by atoms with Gasteiger partial charge < -0.3 is 65.3 Å². The van der Waals surface area contributed by atoms with Crippen molar-refractivity contribution in [3.63, 3.8) is 0 Å². The molecule has 0 aliphatic carbocycles. The van der Waals surface area contributed by atoms with E-state index in [0.29, 0.717) is 0 Å². The highest BCUT2D eigenvalue weighted by atomic mass is 16.7. The number of rotatable bonds is 6. The van der Waals surface area contributed by atoms with Crippen LogP contribution in [0.1, 0.15) is 20.7 Å². The first-order chi connectivity index (χ1) is 16.4. The highest BCUT2D eigenvalue weighted by Crippen LogP contribution is 2.28. The quantitative estimate of drug-likeness (QED) is 0.174. The summed E-state index contributed by atoms with van der Waals surface area (Å²) in [5.74, 6) is -2.46. The van der Waals surface area contributed by atoms with E-state index in [1.807, 2.05) is 0 Å². The highest BCUT2D eigenvalue weighted by Gasteiger charge is 2.50. The lowest BCUT2D eigenvalue weighted by Gasteiger charge is -2.45. The van der Waals surface area contributed by atoms with Crippen molar-refractivity contribution in [1.29, 1.82) is 0 Å². The summed E-state index contributed by atoms with van der Waals surface area (Å²) in [5, 5.41) is 93.6. The Bertz CT molecular complexity index is 813. The van der Waals surface area contributed by atoms with E-state index < -0.39 is 86.6 Å². The zero-order chi connectivity index (χ0) is 26.4. The summed E-state index contributed by atoms with van der Waals surface area (Å²) in [6, 6.07) is 5.48. The number of hydrogen-bond donors (Lipinski definition) is 10. The van der Waals surface area contributed by atoms with Crippen molar-refractivity contribution in [3.8, 4) is 0 Å². The minimum Gasteiger partial charge on any atom is -0.478 e. The van der Waals surface area contributed by atoms with Gasteiger partial charge >= 0.3 is 11.9 Å². The SMILES string of the molecule is O=C(O)c1ccccc1C(=O)O.OC[C@H]1O[C@@H](O[C@H]2[C@H](O)[C@@H](O)C(O)O[C@@H]2CO)[C@H](O)[C@@H](O)[C@H]1O. The number of aromatic carboxylic acids is 2. The second-order valence-electron chi connectivity index (χ2n) is 7.68. The molecule has 0 saturated carbocycles. The number of carboxylic acid groups (broad SMARTS) is 2. The zero-order valence-corrected chi connectivity index (χ0v) is 18.0. The van der Waals surface area contributed by atoms with Gasteiger partial charge in [0, 0.05) is 0 Å². The van der Waals surface area contributed by atoms with Gasteiger partial charge in [0.25, 0.3) is 0 Å². The summed E-state index contributed by atoms with van der Waals surface area (Å²) >= 11 is 0. The van der Waals surface area contributed by atoms with Crippen LogP contribution in [0.15, 0.2) is 24.3 Å². The zero-order valence-electron chi connectivity index (χ0n) is 18.0. The molecule has 10 atom stereocenters. The normalized spacial score (nSPS) is 37.1. The molecule has 0 aromatic heterocycles. The second kappa shape index (κ2) is 12.6. The molecule has 15 nitrogen and oxygen atoms in total. The Balaban J connectivity index is 0.000000303. The van der Waals surface area contributed by atoms with Gasteiger partial charge in [-0.15, -0.1) is 0 Å². The fraction of sp³-hybridized carbons (Fsp3) is 0.600. The van der Waals surface area contributed by atoms with E-state index in [0.717, 1.165) is 0 Å². The van der Waals surface area contributed by atoms with Crippen LogP contribution in [0.25, 0.3) is 0 Å². The molecule has 1 unspecified atom stereocenters. The van der Waals surface area contributed by atoms with E-state index in [2.05, 4.69) is 0 Å². The molecule has 10 N–H and O–H groups in total. The van der Waals surface area contributed by atoms with E-state index in [4.69, 9.17) is 29.5 Å². The molecule has 35 heavy (non-hydrogen) atoms. The first kappa shape index (κ1) is 29.0. The monoisotopic (exact) mass is 508 g/mol. The molecule has 198 valence electrons. The molecular weight excluding hydrogens is 480 g/mol. The molecule has 2 aliphatic rings. The topological polar surface area (TPSA) is 264 Å². The number of aliphatic hydroxyl groups excluding tert-OH is 8. The van der Waals surface area contributed by atoms with Crippen LogP contribution in [0, 0.1) is 0 Å². The summed E-state index contributed by atoms with van der Waals surface area (Å²) in [4.78, 5) is 20.9. The Morgan fingerprint density at radius 3 is 1.69 bits per heavy atom. The van der Waals surface area contributed by atoms with Gasteiger partial charge in [-0.2, -0.15) is 0 Å². The molecule has 0 radical (unpaired) electrons. The van der Waals surface area contributed by atoms with Crippen molar-refractivity contribution >= 4 is 11.9 Å². The van der Waals surface area contributed by atoms with Gasteiger partial charge in [0.05, 0.1) is 24.3 Å². The van der Waals surface area contributed by atoms with Gasteiger partial charge in [-0.3, -0.25) is 0 Å². The first-order valence-corrected chi connectivity index (χ1v) is 10.3. The molecule has 2 saturated heterocycles. The number of ether oxygens (including phenoxy) is 3. The van der Waals surface area contributed by atoms with Crippen molar-refractivity contribution in [2.45, 2.75) is 61.4 Å². The number of aliphatic hydroxyl groups is 8. The lowest BCUT2D eigenvalue weighted by atomic mass is 9.97. The molecule has 2 aliphatic heterocycles. The third kappa shape index (κ3) is 6.69. The van der Waals surface area contributed by atoms with Crippen LogP contribution in [0.5, 0.6) is 0 Å². The van der Waals surface area contributed by atoms with Gasteiger partial charge in [-0.1, -0.05) is 12.1 Å². The van der Waals surface area contributed by atoms with E-state index in [9.17, 15) is 45.3 Å². The largest absolute Gasteiger partial charge is 0.478 e. The third-order valence-electron chi connectivity index (χ3n) is 5.37. The maximum Gasteiger partial charge on any atom is 0.336 e. The van der Waals surface area contributed by atoms with Gasteiger partial charge in [0.1, 0.15) is 48.8 Å².